The van der Waals surface area contributed by atoms with Crippen LogP contribution in [-0.4, -0.2) is 21.5 Å². The number of allylic oxidation sites excluding steroid dienone is 1. The molecule has 4 aromatic rings. The van der Waals surface area contributed by atoms with E-state index in [0.29, 0.717) is 22.9 Å². The van der Waals surface area contributed by atoms with E-state index in [2.05, 4.69) is 34.2 Å². The lowest BCUT2D eigenvalue weighted by atomic mass is 10.0. The van der Waals surface area contributed by atoms with Gasteiger partial charge in [-0.05, 0) is 35.8 Å². The van der Waals surface area contributed by atoms with Gasteiger partial charge >= 0.3 is 0 Å². The van der Waals surface area contributed by atoms with Crippen molar-refractivity contribution in [3.05, 3.63) is 77.8 Å². The molecule has 2 aromatic heterocycles. The topological polar surface area (TPSA) is 68.9 Å². The molecule has 0 fully saturated rings. The van der Waals surface area contributed by atoms with Gasteiger partial charge in [0.05, 0.1) is 5.52 Å². The number of pyridine rings is 1. The zero-order chi connectivity index (χ0) is 19.3. The van der Waals surface area contributed by atoms with Crippen LogP contribution in [0.5, 0.6) is 0 Å². The standard InChI is InChI=1S/C23H19N3O2/c1-2-7-17(16-8-4-3-5-9-16)14-21-25-26-23(28-21)20-12-11-18(15-27)22-19(20)10-6-13-24-22/h3-6,8-15H,2,7H2,1H3/b17-14+. The smallest absolute Gasteiger partial charge is 0.248 e. The van der Waals surface area contributed by atoms with Gasteiger partial charge in [-0.15, -0.1) is 10.2 Å². The van der Waals surface area contributed by atoms with Gasteiger partial charge in [0.25, 0.3) is 0 Å². The number of carbonyl (C=O) groups excluding carboxylic acids is 1. The molecule has 0 radical (unpaired) electrons. The summed E-state index contributed by atoms with van der Waals surface area (Å²) in [4.78, 5) is 15.6. The van der Waals surface area contributed by atoms with Gasteiger partial charge in [-0.3, -0.25) is 9.78 Å². The first-order valence-electron chi connectivity index (χ1n) is 9.23. The molecule has 5 nitrogen and oxygen atoms in total. The summed E-state index contributed by atoms with van der Waals surface area (Å²) in [6.45, 7) is 2.14. The molecular formula is C23H19N3O2. The number of benzene rings is 2. The molecule has 2 heterocycles. The summed E-state index contributed by atoms with van der Waals surface area (Å²) < 4.78 is 5.93. The summed E-state index contributed by atoms with van der Waals surface area (Å²) in [5.74, 6) is 0.865. The average molecular weight is 369 g/mol. The Morgan fingerprint density at radius 3 is 2.68 bits per heavy atom. The van der Waals surface area contributed by atoms with Crippen LogP contribution in [0.2, 0.25) is 0 Å². The Kier molecular flexibility index (Phi) is 5.06. The molecule has 0 amide bonds. The van der Waals surface area contributed by atoms with Crippen LogP contribution in [-0.2, 0) is 0 Å². The van der Waals surface area contributed by atoms with Gasteiger partial charge in [0, 0.05) is 28.8 Å². The maximum Gasteiger partial charge on any atom is 0.248 e. The molecule has 0 aliphatic rings. The Morgan fingerprint density at radius 1 is 1.04 bits per heavy atom. The second-order valence-corrected chi connectivity index (χ2v) is 6.45. The van der Waals surface area contributed by atoms with Crippen molar-refractivity contribution in [2.45, 2.75) is 19.8 Å². The molecule has 2 aromatic carbocycles. The molecule has 138 valence electrons. The van der Waals surface area contributed by atoms with Crippen LogP contribution >= 0.6 is 0 Å². The van der Waals surface area contributed by atoms with Crippen molar-refractivity contribution in [3.8, 4) is 11.5 Å². The van der Waals surface area contributed by atoms with Gasteiger partial charge in [0.15, 0.2) is 6.29 Å². The SMILES string of the molecule is CCC/C(=C\c1nnc(-c2ccc(C=O)c3ncccc23)o1)c1ccccc1. The molecule has 0 N–H and O–H groups in total. The molecule has 28 heavy (non-hydrogen) atoms. The normalized spacial score (nSPS) is 11.7. The van der Waals surface area contributed by atoms with Crippen molar-refractivity contribution in [2.75, 3.05) is 0 Å². The molecule has 0 unspecified atom stereocenters. The molecule has 5 heteroatoms. The number of nitrogens with zero attached hydrogens (tertiary/aromatic N) is 3. The quantitative estimate of drug-likeness (QED) is 0.423. The fraction of sp³-hybridized carbons (Fsp3) is 0.130. The zero-order valence-corrected chi connectivity index (χ0v) is 15.5. The lowest BCUT2D eigenvalue weighted by Crippen LogP contribution is -1.90. The Labute approximate surface area is 162 Å². The summed E-state index contributed by atoms with van der Waals surface area (Å²) in [6.07, 6.45) is 6.35. The Hall–Kier alpha value is -3.60. The largest absolute Gasteiger partial charge is 0.417 e. The van der Waals surface area contributed by atoms with Crippen LogP contribution in [0.15, 0.2) is 65.2 Å². The van der Waals surface area contributed by atoms with E-state index in [-0.39, 0.29) is 0 Å². The number of rotatable bonds is 6. The summed E-state index contributed by atoms with van der Waals surface area (Å²) in [5, 5.41) is 9.24. The minimum absolute atomic E-state index is 0.408. The van der Waals surface area contributed by atoms with Gasteiger partial charge in [-0.25, -0.2) is 0 Å². The number of aldehydes is 1. The highest BCUT2D eigenvalue weighted by Gasteiger charge is 2.14. The highest BCUT2D eigenvalue weighted by molar-refractivity contribution is 6.01. The third kappa shape index (κ3) is 3.47. The lowest BCUT2D eigenvalue weighted by molar-refractivity contribution is 0.112. The first-order chi connectivity index (χ1) is 13.8. The highest BCUT2D eigenvalue weighted by atomic mass is 16.4. The van der Waals surface area contributed by atoms with E-state index in [9.17, 15) is 4.79 Å². The van der Waals surface area contributed by atoms with E-state index in [0.717, 1.165) is 41.2 Å². The number of hydrogen-bond donors (Lipinski definition) is 0. The molecule has 0 saturated carbocycles. The summed E-state index contributed by atoms with van der Waals surface area (Å²) >= 11 is 0. The van der Waals surface area contributed by atoms with Crippen molar-refractivity contribution in [1.29, 1.82) is 0 Å². The third-order valence-electron chi connectivity index (χ3n) is 4.56. The predicted octanol–water partition coefficient (Wildman–Crippen LogP) is 5.44. The summed E-state index contributed by atoms with van der Waals surface area (Å²) in [7, 11) is 0. The number of hydrogen-bond acceptors (Lipinski definition) is 5. The Morgan fingerprint density at radius 2 is 1.89 bits per heavy atom. The second-order valence-electron chi connectivity index (χ2n) is 6.45. The first kappa shape index (κ1) is 17.8. The minimum Gasteiger partial charge on any atom is -0.417 e. The molecule has 0 atom stereocenters. The minimum atomic E-state index is 0.408. The Bertz CT molecular complexity index is 1150. The van der Waals surface area contributed by atoms with Crippen LogP contribution < -0.4 is 0 Å². The summed E-state index contributed by atoms with van der Waals surface area (Å²) in [5.41, 5.74) is 4.22. The average Bonchev–Trinajstić information content (AvgIpc) is 3.21. The van der Waals surface area contributed by atoms with Crippen LogP contribution in [0.3, 0.4) is 0 Å². The Balaban J connectivity index is 1.76. The van der Waals surface area contributed by atoms with Gasteiger partial charge in [0.1, 0.15) is 0 Å². The number of aromatic nitrogens is 3. The predicted molar refractivity (Wildman–Crippen MR) is 110 cm³/mol. The highest BCUT2D eigenvalue weighted by Crippen LogP contribution is 2.29. The summed E-state index contributed by atoms with van der Waals surface area (Å²) in [6, 6.07) is 17.5. The van der Waals surface area contributed by atoms with Crippen LogP contribution in [0.1, 0.15) is 41.6 Å². The first-order valence-corrected chi connectivity index (χ1v) is 9.23. The molecule has 0 saturated heterocycles. The van der Waals surface area contributed by atoms with E-state index < -0.39 is 0 Å². The maximum absolute atomic E-state index is 11.3. The van der Waals surface area contributed by atoms with Crippen LogP contribution in [0.4, 0.5) is 0 Å². The fourth-order valence-corrected chi connectivity index (χ4v) is 3.25. The van der Waals surface area contributed by atoms with Crippen molar-refractivity contribution in [3.63, 3.8) is 0 Å². The third-order valence-corrected chi connectivity index (χ3v) is 4.56. The number of carbonyl (C=O) groups is 1. The second kappa shape index (κ2) is 7.96. The van der Waals surface area contributed by atoms with Crippen molar-refractivity contribution in [1.82, 2.24) is 15.2 Å². The van der Waals surface area contributed by atoms with E-state index in [1.54, 1.807) is 12.3 Å². The molecule has 0 aliphatic carbocycles. The molecule has 0 aliphatic heterocycles. The van der Waals surface area contributed by atoms with Crippen molar-refractivity contribution >= 4 is 28.8 Å². The molecule has 0 spiro atoms. The van der Waals surface area contributed by atoms with Crippen molar-refractivity contribution < 1.29 is 9.21 Å². The molecular weight excluding hydrogens is 350 g/mol. The van der Waals surface area contributed by atoms with E-state index in [1.807, 2.05) is 42.5 Å². The van der Waals surface area contributed by atoms with Gasteiger partial charge in [-0.2, -0.15) is 0 Å². The number of fused-ring (bicyclic) bond motifs is 1. The van der Waals surface area contributed by atoms with Gasteiger partial charge in [-0.1, -0.05) is 49.7 Å². The van der Waals surface area contributed by atoms with Crippen LogP contribution in [0, 0.1) is 0 Å². The molecule has 0 bridgehead atoms. The van der Waals surface area contributed by atoms with E-state index >= 15 is 0 Å². The monoisotopic (exact) mass is 369 g/mol. The molecule has 4 rings (SSSR count). The fourth-order valence-electron chi connectivity index (χ4n) is 3.25. The van der Waals surface area contributed by atoms with E-state index in [1.165, 1.54) is 0 Å². The lowest BCUT2D eigenvalue weighted by Gasteiger charge is -2.05. The zero-order valence-electron chi connectivity index (χ0n) is 15.5. The van der Waals surface area contributed by atoms with Gasteiger partial charge in [0.2, 0.25) is 11.8 Å². The maximum atomic E-state index is 11.3. The van der Waals surface area contributed by atoms with Crippen LogP contribution in [0.25, 0.3) is 34.0 Å². The van der Waals surface area contributed by atoms with E-state index in [4.69, 9.17) is 4.42 Å². The van der Waals surface area contributed by atoms with Crippen molar-refractivity contribution in [2.24, 2.45) is 0 Å². The van der Waals surface area contributed by atoms with Gasteiger partial charge < -0.3 is 4.42 Å².